The van der Waals surface area contributed by atoms with Gasteiger partial charge in [0.25, 0.3) is 0 Å². The van der Waals surface area contributed by atoms with Gasteiger partial charge in [0.2, 0.25) is 5.91 Å². The van der Waals surface area contributed by atoms with Crippen LogP contribution in [-0.4, -0.2) is 64.5 Å². The second kappa shape index (κ2) is 22.8. The lowest BCUT2D eigenvalue weighted by Crippen LogP contribution is -2.55. The highest BCUT2D eigenvalue weighted by atomic mass is 16.7. The van der Waals surface area contributed by atoms with Crippen LogP contribution in [0.2, 0.25) is 0 Å². The van der Waals surface area contributed by atoms with E-state index in [9.17, 15) is 29.4 Å². The fourth-order valence-corrected chi connectivity index (χ4v) is 6.57. The summed E-state index contributed by atoms with van der Waals surface area (Å²) in [5, 5.41) is 24.9. The summed E-state index contributed by atoms with van der Waals surface area (Å²) >= 11 is 0. The van der Waals surface area contributed by atoms with Crippen molar-refractivity contribution in [2.75, 3.05) is 6.61 Å². The van der Waals surface area contributed by atoms with E-state index < -0.39 is 54.2 Å². The van der Waals surface area contributed by atoms with Crippen LogP contribution in [0.15, 0.2) is 60.7 Å². The van der Waals surface area contributed by atoms with E-state index in [1.807, 2.05) is 0 Å². The zero-order valence-electron chi connectivity index (χ0n) is 32.3. The van der Waals surface area contributed by atoms with Crippen molar-refractivity contribution >= 4 is 23.6 Å². The summed E-state index contributed by atoms with van der Waals surface area (Å²) in [6.45, 7) is 3.75. The average molecular weight is 760 g/mol. The second-order valence-electron chi connectivity index (χ2n) is 14.3. The smallest absolute Gasteiger partial charge is 0.339 e. The van der Waals surface area contributed by atoms with Crippen molar-refractivity contribution in [3.63, 3.8) is 0 Å². The zero-order valence-corrected chi connectivity index (χ0v) is 32.3. The molecule has 11 nitrogen and oxygen atoms in total. The molecule has 5 atom stereocenters. The first-order valence-electron chi connectivity index (χ1n) is 19.7. The lowest BCUT2D eigenvalue weighted by atomic mass is 9.81. The molecule has 0 spiro atoms. The van der Waals surface area contributed by atoms with Crippen molar-refractivity contribution in [2.45, 2.75) is 141 Å². The van der Waals surface area contributed by atoms with Crippen LogP contribution in [-0.2, 0) is 53.0 Å². The molecule has 3 N–H and O–H groups in total. The summed E-state index contributed by atoms with van der Waals surface area (Å²) < 4.78 is 22.1. The number of aliphatic hydroxyl groups excluding tert-OH is 1. The third kappa shape index (κ3) is 14.3. The van der Waals surface area contributed by atoms with Gasteiger partial charge in [0.05, 0.1) is 5.92 Å². The lowest BCUT2D eigenvalue weighted by Gasteiger charge is -2.32. The van der Waals surface area contributed by atoms with Gasteiger partial charge in [-0.2, -0.15) is 0 Å². The summed E-state index contributed by atoms with van der Waals surface area (Å²) in [7, 11) is 0. The van der Waals surface area contributed by atoms with Crippen LogP contribution in [0.5, 0.6) is 5.75 Å². The second-order valence-corrected chi connectivity index (χ2v) is 14.3. The van der Waals surface area contributed by atoms with E-state index in [1.165, 1.54) is 25.3 Å². The monoisotopic (exact) mass is 759 g/mol. The Bertz CT molecular complexity index is 1640. The molecule has 2 unspecified atom stereocenters. The number of hydrogen-bond donors (Lipinski definition) is 3. The quantitative estimate of drug-likeness (QED) is 0.0467. The molecule has 2 heterocycles. The molecule has 2 aliphatic rings. The minimum atomic E-state index is -2.45. The first-order chi connectivity index (χ1) is 26.6. The number of fused-ring (bicyclic) bond motifs is 1. The molecule has 11 heteroatoms. The molecule has 0 aliphatic carbocycles. The Kier molecular flexibility index (Phi) is 17.9. The number of amides is 1. The number of carbonyl (C=O) groups excluding carboxylic acids is 4. The summed E-state index contributed by atoms with van der Waals surface area (Å²) in [6.07, 6.45) is 11.5. The van der Waals surface area contributed by atoms with Gasteiger partial charge in [-0.3, -0.25) is 9.59 Å². The Balaban J connectivity index is 1.50. The number of unbranched alkanes of at least 4 members (excludes halogenated alkanes) is 8. The number of Topliss-reactive ketones (excluding diaryl/α,β-unsaturated/α-hetero) is 1. The van der Waals surface area contributed by atoms with Gasteiger partial charge in [-0.25, -0.2) is 9.59 Å². The van der Waals surface area contributed by atoms with Crippen LogP contribution in [0.3, 0.4) is 0 Å². The number of ketones is 1. The van der Waals surface area contributed by atoms with Crippen molar-refractivity contribution in [3.05, 3.63) is 77.4 Å². The van der Waals surface area contributed by atoms with E-state index >= 15 is 0 Å². The molecule has 0 aromatic heterocycles. The molecule has 4 rings (SSSR count). The summed E-state index contributed by atoms with van der Waals surface area (Å²) in [6, 6.07) is 12.8. The summed E-state index contributed by atoms with van der Waals surface area (Å²) in [5.74, 6) is 2.44. The number of ether oxygens (including phenoxy) is 4. The maximum absolute atomic E-state index is 14.2. The van der Waals surface area contributed by atoms with E-state index in [2.05, 4.69) is 24.1 Å². The van der Waals surface area contributed by atoms with Crippen molar-refractivity contribution in [1.82, 2.24) is 5.32 Å². The van der Waals surface area contributed by atoms with Crippen LogP contribution >= 0.6 is 0 Å². The van der Waals surface area contributed by atoms with Crippen LogP contribution in [0.1, 0.15) is 114 Å². The zero-order chi connectivity index (χ0) is 39.5. The molecule has 2 aromatic rings. The molecule has 1 amide bonds. The normalized spacial score (nSPS) is 22.8. The largest absolute Gasteiger partial charge is 0.481 e. The number of benzene rings is 2. The number of epoxide rings is 1. The molecule has 0 bridgehead atoms. The Labute approximate surface area is 325 Å². The van der Waals surface area contributed by atoms with Gasteiger partial charge < -0.3 is 34.5 Å². The number of esters is 2. The SMILES string of the molecule is CC#CCOc1ccc(C[C@@H]2NC(=O)[C@@H](/C=C/CCCCCCC(=O)CCCCCCC)[C@@](O)(CC3OC3O)C(=O)OCc3ccccc3COC2=O)cc1. The molecule has 55 heavy (non-hydrogen) atoms. The van der Waals surface area contributed by atoms with Crippen molar-refractivity contribution in [1.29, 1.82) is 0 Å². The standard InChI is InChI=1S/C44H57NO10/c1-3-5-7-10-13-20-35(46)21-14-11-8-9-12-15-22-37-40(47)45-38(28-32-23-25-36(26-24-32)52-27-6-4-2)41(48)53-30-33-18-16-17-19-34(33)31-54-43(50)44(37,51)29-39-42(49)55-39/h15-19,22-26,37-39,42,49,51H,3,5,7-14,20-21,27-31H2,1-2H3,(H,45,47)/b22-15+/t37-,38+,39?,42?,44+/m1/s1. The van der Waals surface area contributed by atoms with Gasteiger partial charge in [0.1, 0.15) is 43.5 Å². The number of cyclic esters (lactones) is 2. The fourth-order valence-electron chi connectivity index (χ4n) is 6.57. The van der Waals surface area contributed by atoms with Crippen molar-refractivity contribution in [3.8, 4) is 17.6 Å². The van der Waals surface area contributed by atoms with E-state index in [-0.39, 0.29) is 26.2 Å². The number of carbonyl (C=O) groups is 4. The molecule has 1 fully saturated rings. The molecule has 0 radical (unpaired) electrons. The third-order valence-corrected chi connectivity index (χ3v) is 9.98. The average Bonchev–Trinajstić information content (AvgIpc) is 3.88. The van der Waals surface area contributed by atoms with Crippen LogP contribution in [0, 0.1) is 17.8 Å². The minimum absolute atomic E-state index is 0.0480. The van der Waals surface area contributed by atoms with Crippen LogP contribution < -0.4 is 10.1 Å². The van der Waals surface area contributed by atoms with Gasteiger partial charge in [-0.15, -0.1) is 5.92 Å². The highest BCUT2D eigenvalue weighted by molar-refractivity contribution is 5.93. The minimum Gasteiger partial charge on any atom is -0.481 e. The van der Waals surface area contributed by atoms with E-state index in [0.717, 1.165) is 38.5 Å². The summed E-state index contributed by atoms with van der Waals surface area (Å²) in [5.41, 5.74) is -0.589. The first kappa shape index (κ1) is 43.2. The topological polar surface area (TPSA) is 161 Å². The van der Waals surface area contributed by atoms with Crippen molar-refractivity contribution in [2.24, 2.45) is 5.92 Å². The highest BCUT2D eigenvalue weighted by Gasteiger charge is 2.54. The van der Waals surface area contributed by atoms with Gasteiger partial charge >= 0.3 is 11.9 Å². The van der Waals surface area contributed by atoms with Gasteiger partial charge in [-0.05, 0) is 61.4 Å². The molecule has 298 valence electrons. The number of aliphatic hydroxyl groups is 2. The number of rotatable bonds is 20. The number of allylic oxidation sites excluding steroid dienone is 1. The Morgan fingerprint density at radius 2 is 1.56 bits per heavy atom. The third-order valence-electron chi connectivity index (χ3n) is 9.98. The van der Waals surface area contributed by atoms with Crippen molar-refractivity contribution < 1.29 is 48.3 Å². The predicted octanol–water partition coefficient (Wildman–Crippen LogP) is 6.20. The predicted molar refractivity (Wildman–Crippen MR) is 206 cm³/mol. The summed E-state index contributed by atoms with van der Waals surface area (Å²) in [4.78, 5) is 54.0. The fraction of sp³-hybridized carbons (Fsp3) is 0.545. The molecular weight excluding hydrogens is 702 g/mol. The van der Waals surface area contributed by atoms with Crippen LogP contribution in [0.4, 0.5) is 0 Å². The molecule has 0 saturated carbocycles. The maximum Gasteiger partial charge on any atom is 0.339 e. The van der Waals surface area contributed by atoms with E-state index in [1.54, 1.807) is 61.5 Å². The molecule has 1 saturated heterocycles. The first-order valence-corrected chi connectivity index (χ1v) is 19.7. The van der Waals surface area contributed by atoms with E-state index in [4.69, 9.17) is 18.9 Å². The molecule has 2 aliphatic heterocycles. The number of hydrogen-bond acceptors (Lipinski definition) is 10. The van der Waals surface area contributed by atoms with Gasteiger partial charge in [-0.1, -0.05) is 99.9 Å². The molecule has 2 aromatic carbocycles. The van der Waals surface area contributed by atoms with Gasteiger partial charge in [0, 0.05) is 25.7 Å². The Morgan fingerprint density at radius 1 is 0.927 bits per heavy atom. The van der Waals surface area contributed by atoms with Crippen LogP contribution in [0.25, 0.3) is 0 Å². The van der Waals surface area contributed by atoms with E-state index in [0.29, 0.717) is 47.5 Å². The molecular formula is C44H57NO10. The maximum atomic E-state index is 14.2. The lowest BCUT2D eigenvalue weighted by molar-refractivity contribution is -0.175. The number of nitrogens with one attached hydrogen (secondary N) is 1. The Morgan fingerprint density at radius 3 is 2.20 bits per heavy atom. The van der Waals surface area contributed by atoms with Gasteiger partial charge in [0.15, 0.2) is 11.9 Å². The highest BCUT2D eigenvalue weighted by Crippen LogP contribution is 2.35. The Hall–Kier alpha value is -4.50.